The van der Waals surface area contributed by atoms with Crippen LogP contribution in [-0.2, 0) is 20.7 Å². The third kappa shape index (κ3) is 5.19. The Balaban J connectivity index is 2.90. The van der Waals surface area contributed by atoms with Gasteiger partial charge < -0.3 is 15.6 Å². The van der Waals surface area contributed by atoms with Gasteiger partial charge >= 0.3 is 11.9 Å². The number of carboxylic acid groups (broad SMARTS) is 1. The molecular weight excluding hydrogens is 284 g/mol. The zero-order chi connectivity index (χ0) is 16.9. The number of aliphatic carboxylic acids is 1. The number of hydrogen-bond donors (Lipinski definition) is 2. The van der Waals surface area contributed by atoms with Gasteiger partial charge in [0, 0.05) is 6.04 Å². The summed E-state index contributed by atoms with van der Waals surface area (Å²) in [6.45, 7) is 4.98. The molecule has 0 aliphatic rings. The second kappa shape index (κ2) is 7.05. The van der Waals surface area contributed by atoms with Gasteiger partial charge in [0.2, 0.25) is 0 Å². The zero-order valence-corrected chi connectivity index (χ0v) is 12.9. The van der Waals surface area contributed by atoms with E-state index >= 15 is 0 Å². The molecule has 2 atom stereocenters. The number of benzene rings is 1. The lowest BCUT2D eigenvalue weighted by molar-refractivity contribution is -0.167. The minimum absolute atomic E-state index is 0.158. The summed E-state index contributed by atoms with van der Waals surface area (Å²) in [5.41, 5.74) is 6.26. The number of nitriles is 1. The first-order chi connectivity index (χ1) is 10.1. The average Bonchev–Trinajstić information content (AvgIpc) is 2.36. The molecule has 3 N–H and O–H groups in total. The van der Waals surface area contributed by atoms with Crippen LogP contribution in [0, 0.1) is 17.2 Å². The van der Waals surface area contributed by atoms with Gasteiger partial charge in [0.1, 0.15) is 5.60 Å². The molecule has 1 rings (SSSR count). The molecule has 0 aliphatic heterocycles. The highest BCUT2D eigenvalue weighted by atomic mass is 16.6. The van der Waals surface area contributed by atoms with Gasteiger partial charge in [-0.25, -0.2) is 0 Å². The maximum absolute atomic E-state index is 12.0. The fourth-order valence-electron chi connectivity index (χ4n) is 1.98. The van der Waals surface area contributed by atoms with Crippen LogP contribution in [0.25, 0.3) is 0 Å². The maximum Gasteiger partial charge on any atom is 0.322 e. The number of hydrogen-bond acceptors (Lipinski definition) is 5. The lowest BCUT2D eigenvalue weighted by Gasteiger charge is -2.25. The summed E-state index contributed by atoms with van der Waals surface area (Å²) in [5, 5.41) is 18.1. The van der Waals surface area contributed by atoms with E-state index in [1.165, 1.54) is 0 Å². The van der Waals surface area contributed by atoms with Crippen LogP contribution in [0.2, 0.25) is 0 Å². The minimum atomic E-state index is -1.45. The highest BCUT2D eigenvalue weighted by Gasteiger charge is 2.36. The van der Waals surface area contributed by atoms with Crippen molar-refractivity contribution in [3.8, 4) is 6.07 Å². The lowest BCUT2D eigenvalue weighted by atomic mass is 9.93. The van der Waals surface area contributed by atoms with E-state index in [4.69, 9.17) is 15.7 Å². The molecule has 1 aromatic carbocycles. The van der Waals surface area contributed by atoms with Crippen LogP contribution in [-0.4, -0.2) is 28.7 Å². The largest absolute Gasteiger partial charge is 0.481 e. The van der Waals surface area contributed by atoms with Gasteiger partial charge in [-0.15, -0.1) is 0 Å². The average molecular weight is 304 g/mol. The highest BCUT2D eigenvalue weighted by Crippen LogP contribution is 2.17. The molecule has 0 bridgehead atoms. The van der Waals surface area contributed by atoms with E-state index in [0.717, 1.165) is 0 Å². The van der Waals surface area contributed by atoms with E-state index < -0.39 is 29.5 Å². The molecule has 0 spiro atoms. The van der Waals surface area contributed by atoms with Gasteiger partial charge in [-0.3, -0.25) is 9.59 Å². The van der Waals surface area contributed by atoms with E-state index in [1.807, 2.05) is 6.07 Å². The fourth-order valence-corrected chi connectivity index (χ4v) is 1.98. The summed E-state index contributed by atoms with van der Waals surface area (Å²) in [4.78, 5) is 23.4. The number of esters is 1. The molecule has 0 amide bonds. The number of nitrogens with two attached hydrogens (primary N) is 1. The van der Waals surface area contributed by atoms with Crippen LogP contribution in [0.4, 0.5) is 0 Å². The summed E-state index contributed by atoms with van der Waals surface area (Å²) >= 11 is 0. The Morgan fingerprint density at radius 2 is 2.05 bits per heavy atom. The second-order valence-corrected chi connectivity index (χ2v) is 6.03. The quantitative estimate of drug-likeness (QED) is 0.629. The van der Waals surface area contributed by atoms with Crippen molar-refractivity contribution in [2.75, 3.05) is 0 Å². The van der Waals surface area contributed by atoms with E-state index in [9.17, 15) is 14.7 Å². The molecule has 22 heavy (non-hydrogen) atoms. The second-order valence-electron chi connectivity index (χ2n) is 6.03. The molecule has 6 nitrogen and oxygen atoms in total. The summed E-state index contributed by atoms with van der Waals surface area (Å²) in [6, 6.07) is 7.73. The summed E-state index contributed by atoms with van der Waals surface area (Å²) in [7, 11) is 0. The van der Waals surface area contributed by atoms with Gasteiger partial charge in [0.15, 0.2) is 5.92 Å². The molecular formula is C16H20N2O4. The highest BCUT2D eigenvalue weighted by molar-refractivity contribution is 5.95. The molecule has 6 heteroatoms. The Morgan fingerprint density at radius 1 is 1.41 bits per heavy atom. The predicted octanol–water partition coefficient (Wildman–Crippen LogP) is 1.47. The summed E-state index contributed by atoms with van der Waals surface area (Å²) < 4.78 is 5.11. The van der Waals surface area contributed by atoms with Crippen molar-refractivity contribution >= 4 is 11.9 Å². The van der Waals surface area contributed by atoms with Crippen molar-refractivity contribution in [3.63, 3.8) is 0 Å². The van der Waals surface area contributed by atoms with E-state index in [1.54, 1.807) is 45.0 Å². The van der Waals surface area contributed by atoms with Crippen LogP contribution in [0.15, 0.2) is 24.3 Å². The van der Waals surface area contributed by atoms with E-state index in [-0.39, 0.29) is 6.42 Å². The Labute approximate surface area is 129 Å². The molecule has 0 radical (unpaired) electrons. The minimum Gasteiger partial charge on any atom is -0.481 e. The summed E-state index contributed by atoms with van der Waals surface area (Å²) in [6.07, 6.45) is 0.158. The third-order valence-corrected chi connectivity index (χ3v) is 2.88. The molecule has 0 heterocycles. The molecule has 0 fully saturated rings. The molecule has 0 aliphatic carbocycles. The van der Waals surface area contributed by atoms with Crippen molar-refractivity contribution < 1.29 is 19.4 Å². The SMILES string of the molecule is CC(C)(C)OC(=O)[C@H](C(=O)O)[C@H](N)Cc1cccc(C#N)c1. The van der Waals surface area contributed by atoms with E-state index in [2.05, 4.69) is 0 Å². The van der Waals surface area contributed by atoms with Crippen LogP contribution < -0.4 is 5.73 Å². The van der Waals surface area contributed by atoms with Gasteiger partial charge in [0.05, 0.1) is 11.6 Å². The van der Waals surface area contributed by atoms with Crippen molar-refractivity contribution in [2.45, 2.75) is 38.8 Å². The first kappa shape index (κ1) is 17.7. The van der Waals surface area contributed by atoms with Crippen molar-refractivity contribution in [1.29, 1.82) is 5.26 Å². The summed E-state index contributed by atoms with van der Waals surface area (Å²) in [5.74, 6) is -3.63. The Kier molecular flexibility index (Phi) is 5.66. The zero-order valence-electron chi connectivity index (χ0n) is 12.9. The smallest absolute Gasteiger partial charge is 0.322 e. The fraction of sp³-hybridized carbons (Fsp3) is 0.438. The number of carbonyl (C=O) groups excluding carboxylic acids is 1. The van der Waals surface area contributed by atoms with E-state index in [0.29, 0.717) is 11.1 Å². The van der Waals surface area contributed by atoms with Gasteiger partial charge in [0.25, 0.3) is 0 Å². The maximum atomic E-state index is 12.0. The topological polar surface area (TPSA) is 113 Å². The molecule has 0 aromatic heterocycles. The number of carbonyl (C=O) groups is 2. The van der Waals surface area contributed by atoms with Gasteiger partial charge in [-0.05, 0) is 44.9 Å². The van der Waals surface area contributed by atoms with Crippen LogP contribution in [0.5, 0.6) is 0 Å². The molecule has 0 saturated heterocycles. The Bertz CT molecular complexity index is 599. The predicted molar refractivity (Wildman–Crippen MR) is 79.8 cm³/mol. The monoisotopic (exact) mass is 304 g/mol. The van der Waals surface area contributed by atoms with Crippen molar-refractivity contribution in [3.05, 3.63) is 35.4 Å². The van der Waals surface area contributed by atoms with Crippen LogP contribution in [0.3, 0.4) is 0 Å². The van der Waals surface area contributed by atoms with Crippen molar-refractivity contribution in [2.24, 2.45) is 11.7 Å². The lowest BCUT2D eigenvalue weighted by Crippen LogP contribution is -2.45. The molecule has 1 aromatic rings. The number of carboxylic acids is 1. The molecule has 0 unspecified atom stereocenters. The number of nitrogens with zero attached hydrogens (tertiary/aromatic N) is 1. The molecule has 0 saturated carbocycles. The Hall–Kier alpha value is -2.39. The number of ether oxygens (including phenoxy) is 1. The van der Waals surface area contributed by atoms with Gasteiger partial charge in [-0.2, -0.15) is 5.26 Å². The van der Waals surface area contributed by atoms with Gasteiger partial charge in [-0.1, -0.05) is 12.1 Å². The first-order valence-electron chi connectivity index (χ1n) is 6.84. The Morgan fingerprint density at radius 3 is 2.55 bits per heavy atom. The van der Waals surface area contributed by atoms with Crippen LogP contribution in [0.1, 0.15) is 31.9 Å². The molecule has 118 valence electrons. The normalized spacial score (nSPS) is 13.8. The standard InChI is InChI=1S/C16H20N2O4/c1-16(2,3)22-15(21)13(14(19)20)12(18)8-10-5-4-6-11(7-10)9-17/h4-7,12-13H,8,18H2,1-3H3,(H,19,20)/t12-,13+/m1/s1. The van der Waals surface area contributed by atoms with Crippen molar-refractivity contribution in [1.82, 2.24) is 0 Å². The number of rotatable bonds is 5. The third-order valence-electron chi connectivity index (χ3n) is 2.88. The first-order valence-corrected chi connectivity index (χ1v) is 6.84. The van der Waals surface area contributed by atoms with Crippen LogP contribution >= 0.6 is 0 Å².